The van der Waals surface area contributed by atoms with E-state index in [4.69, 9.17) is 4.42 Å². The van der Waals surface area contributed by atoms with E-state index in [1.54, 1.807) is 6.26 Å². The van der Waals surface area contributed by atoms with Crippen LogP contribution in [0, 0.1) is 0 Å². The molecule has 1 fully saturated rings. The minimum atomic E-state index is -0.264. The molecule has 0 saturated carbocycles. The van der Waals surface area contributed by atoms with Crippen LogP contribution in [-0.2, 0) is 6.42 Å². The van der Waals surface area contributed by atoms with Crippen molar-refractivity contribution in [2.75, 3.05) is 32.7 Å². The number of aromatic nitrogens is 3. The number of piperazine rings is 1. The van der Waals surface area contributed by atoms with E-state index in [-0.39, 0.29) is 17.2 Å². The van der Waals surface area contributed by atoms with Crippen LogP contribution in [0.1, 0.15) is 36.3 Å². The molecule has 1 saturated heterocycles. The summed E-state index contributed by atoms with van der Waals surface area (Å²) < 4.78 is 7.19. The maximum Gasteiger partial charge on any atom is 0.265 e. The Kier molecular flexibility index (Phi) is 4.66. The van der Waals surface area contributed by atoms with Gasteiger partial charge >= 0.3 is 0 Å². The topological polar surface area (TPSA) is 67.4 Å². The molecule has 4 heterocycles. The van der Waals surface area contributed by atoms with Gasteiger partial charge in [0.15, 0.2) is 11.0 Å². The van der Waals surface area contributed by atoms with Gasteiger partial charge in [-0.3, -0.25) is 9.69 Å². The number of carbonyl (C=O) groups is 1. The van der Waals surface area contributed by atoms with Crippen molar-refractivity contribution in [2.45, 2.75) is 36.7 Å². The van der Waals surface area contributed by atoms with Gasteiger partial charge in [-0.25, -0.2) is 4.98 Å². The predicted molar refractivity (Wildman–Crippen MR) is 94.8 cm³/mol. The van der Waals surface area contributed by atoms with Crippen LogP contribution in [-0.4, -0.2) is 68.4 Å². The van der Waals surface area contributed by atoms with E-state index in [0.29, 0.717) is 5.16 Å². The van der Waals surface area contributed by atoms with Crippen molar-refractivity contribution < 1.29 is 9.21 Å². The second kappa shape index (κ2) is 6.93. The Hall–Kier alpha value is -1.64. The number of carbonyl (C=O) groups excluding carboxylic acids is 1. The summed E-state index contributed by atoms with van der Waals surface area (Å²) in [4.78, 5) is 22.3. The third-order valence-electron chi connectivity index (χ3n) is 4.99. The van der Waals surface area contributed by atoms with Crippen LogP contribution in [0.25, 0.3) is 0 Å². The van der Waals surface area contributed by atoms with E-state index in [2.05, 4.69) is 26.8 Å². The first-order chi connectivity index (χ1) is 12.2. The van der Waals surface area contributed by atoms with Gasteiger partial charge in [-0.15, -0.1) is 5.10 Å². The number of hydrogen-bond donors (Lipinski definition) is 0. The van der Waals surface area contributed by atoms with E-state index < -0.39 is 0 Å². The second-order valence-corrected chi connectivity index (χ2v) is 7.49. The average molecular weight is 361 g/mol. The molecule has 0 aromatic carbocycles. The lowest BCUT2D eigenvalue weighted by molar-refractivity contribution is 0.0694. The summed E-state index contributed by atoms with van der Waals surface area (Å²) in [6.07, 6.45) is 2.42. The van der Waals surface area contributed by atoms with Crippen LogP contribution in [0.2, 0.25) is 0 Å². The molecular formula is C17H23N5O2S. The first-order valence-electron chi connectivity index (χ1n) is 8.87. The first-order valence-corrected chi connectivity index (χ1v) is 9.75. The zero-order valence-corrected chi connectivity index (χ0v) is 15.4. The molecule has 7 nitrogen and oxygen atoms in total. The van der Waals surface area contributed by atoms with Crippen molar-refractivity contribution in [3.05, 3.63) is 30.0 Å². The number of thioether (sulfide) groups is 1. The number of nitrogens with zero attached hydrogens (tertiary/aromatic N) is 5. The number of furan rings is 1. The Balaban J connectivity index is 1.59. The lowest BCUT2D eigenvalue weighted by Gasteiger charge is -2.39. The third kappa shape index (κ3) is 3.02. The summed E-state index contributed by atoms with van der Waals surface area (Å²) >= 11 is 1.51. The van der Waals surface area contributed by atoms with Gasteiger partial charge in [0.25, 0.3) is 5.91 Å². The predicted octanol–water partition coefficient (Wildman–Crippen LogP) is 1.93. The third-order valence-corrected chi connectivity index (χ3v) is 6.18. The molecule has 2 aliphatic rings. The van der Waals surface area contributed by atoms with Crippen LogP contribution >= 0.6 is 11.8 Å². The zero-order valence-electron chi connectivity index (χ0n) is 14.6. The Labute approximate surface area is 151 Å². The van der Waals surface area contributed by atoms with Crippen LogP contribution in [0.15, 0.2) is 28.0 Å². The normalized spacial score (nSPS) is 23.1. The number of likely N-dealkylation sites (N-methyl/N-ethyl adjacent to an activating group) is 1. The van der Waals surface area contributed by atoms with Crippen LogP contribution in [0.4, 0.5) is 0 Å². The minimum Gasteiger partial charge on any atom is -0.468 e. The summed E-state index contributed by atoms with van der Waals surface area (Å²) in [5.74, 6) is 1.57. The monoisotopic (exact) mass is 361 g/mol. The second-order valence-electron chi connectivity index (χ2n) is 6.38. The summed E-state index contributed by atoms with van der Waals surface area (Å²) in [5.41, 5.74) is 0. The van der Waals surface area contributed by atoms with Crippen molar-refractivity contribution in [2.24, 2.45) is 0 Å². The largest absolute Gasteiger partial charge is 0.468 e. The molecule has 2 aliphatic heterocycles. The van der Waals surface area contributed by atoms with Crippen LogP contribution < -0.4 is 0 Å². The summed E-state index contributed by atoms with van der Waals surface area (Å²) in [6.45, 7) is 9.14. The molecule has 2 unspecified atom stereocenters. The lowest BCUT2D eigenvalue weighted by atomic mass is 10.1. The van der Waals surface area contributed by atoms with E-state index in [0.717, 1.165) is 50.7 Å². The quantitative estimate of drug-likeness (QED) is 0.806. The summed E-state index contributed by atoms with van der Waals surface area (Å²) in [7, 11) is 0. The van der Waals surface area contributed by atoms with Gasteiger partial charge in [0.1, 0.15) is 11.0 Å². The smallest absolute Gasteiger partial charge is 0.265 e. The summed E-state index contributed by atoms with van der Waals surface area (Å²) in [6, 6.07) is 3.78. The molecular weight excluding hydrogens is 338 g/mol. The van der Waals surface area contributed by atoms with Crippen molar-refractivity contribution in [3.8, 4) is 0 Å². The van der Waals surface area contributed by atoms with Crippen molar-refractivity contribution in [1.82, 2.24) is 24.6 Å². The number of fused-ring (bicyclic) bond motifs is 1. The van der Waals surface area contributed by atoms with Gasteiger partial charge in [-0.2, -0.15) is 4.68 Å². The van der Waals surface area contributed by atoms with Crippen molar-refractivity contribution in [1.29, 1.82) is 0 Å². The van der Waals surface area contributed by atoms with Crippen molar-refractivity contribution in [3.63, 3.8) is 0 Å². The van der Waals surface area contributed by atoms with Crippen molar-refractivity contribution >= 4 is 17.7 Å². The van der Waals surface area contributed by atoms with Gasteiger partial charge in [0, 0.05) is 32.6 Å². The number of rotatable bonds is 5. The van der Waals surface area contributed by atoms with E-state index in [1.165, 1.54) is 16.4 Å². The van der Waals surface area contributed by atoms with Gasteiger partial charge in [0.05, 0.1) is 12.3 Å². The van der Waals surface area contributed by atoms with E-state index >= 15 is 0 Å². The Morgan fingerprint density at radius 2 is 2.12 bits per heavy atom. The SMILES string of the molecule is CCc1nc2n(n1)C(=O)C(C(c1ccco1)N1CCN(CC)CC1)S2. The molecule has 2 aromatic heterocycles. The van der Waals surface area contributed by atoms with Crippen LogP contribution in [0.5, 0.6) is 0 Å². The van der Waals surface area contributed by atoms with Gasteiger partial charge in [0.2, 0.25) is 0 Å². The molecule has 2 atom stereocenters. The highest BCUT2D eigenvalue weighted by Crippen LogP contribution is 2.41. The molecule has 8 heteroatoms. The molecule has 0 spiro atoms. The van der Waals surface area contributed by atoms with Gasteiger partial charge in [-0.05, 0) is 18.7 Å². The molecule has 4 rings (SSSR count). The Morgan fingerprint density at radius 3 is 2.72 bits per heavy atom. The zero-order chi connectivity index (χ0) is 17.4. The first kappa shape index (κ1) is 16.8. The molecule has 134 valence electrons. The van der Waals surface area contributed by atoms with E-state index in [9.17, 15) is 4.79 Å². The Morgan fingerprint density at radius 1 is 1.32 bits per heavy atom. The summed E-state index contributed by atoms with van der Waals surface area (Å²) in [5, 5.41) is 4.79. The fourth-order valence-electron chi connectivity index (χ4n) is 3.53. The van der Waals surface area contributed by atoms with Crippen LogP contribution in [0.3, 0.4) is 0 Å². The molecule has 0 aliphatic carbocycles. The fourth-order valence-corrected chi connectivity index (χ4v) is 4.78. The molecule has 0 radical (unpaired) electrons. The standard InChI is InChI=1S/C17H23N5O2S/c1-3-13-18-17-22(19-13)16(23)15(25-17)14(12-6-5-11-24-12)21-9-7-20(4-2)8-10-21/h5-6,11,14-15H,3-4,7-10H2,1-2H3. The van der Waals surface area contributed by atoms with Gasteiger partial charge < -0.3 is 9.32 Å². The lowest BCUT2D eigenvalue weighted by Crippen LogP contribution is -2.50. The van der Waals surface area contributed by atoms with Gasteiger partial charge in [-0.1, -0.05) is 25.6 Å². The molecule has 0 bridgehead atoms. The number of aryl methyl sites for hydroxylation is 1. The maximum absolute atomic E-state index is 13.0. The molecule has 25 heavy (non-hydrogen) atoms. The Bertz CT molecular complexity index is 736. The highest BCUT2D eigenvalue weighted by molar-refractivity contribution is 8.00. The van der Waals surface area contributed by atoms with E-state index in [1.807, 2.05) is 19.1 Å². The maximum atomic E-state index is 13.0. The molecule has 2 aromatic rings. The molecule has 0 N–H and O–H groups in total. The number of hydrogen-bond acceptors (Lipinski definition) is 7. The highest BCUT2D eigenvalue weighted by Gasteiger charge is 2.44. The highest BCUT2D eigenvalue weighted by atomic mass is 32.2. The minimum absolute atomic E-state index is 0.00604. The average Bonchev–Trinajstić information content (AvgIpc) is 3.35. The fraction of sp³-hybridized carbons (Fsp3) is 0.588. The molecule has 0 amide bonds.